The summed E-state index contributed by atoms with van der Waals surface area (Å²) in [6.45, 7) is 0. The Morgan fingerprint density at radius 2 is 1.95 bits per heavy atom. The molecule has 0 radical (unpaired) electrons. The fourth-order valence-corrected chi connectivity index (χ4v) is 1.82. The van der Waals surface area contributed by atoms with Crippen molar-refractivity contribution < 1.29 is 14.6 Å². The van der Waals surface area contributed by atoms with Crippen molar-refractivity contribution in [1.29, 1.82) is 0 Å². The monoisotopic (exact) mass is 272 g/mol. The van der Waals surface area contributed by atoms with Crippen LogP contribution >= 0.6 is 0 Å². The molecule has 0 saturated carbocycles. The molecule has 5 nitrogen and oxygen atoms in total. The van der Waals surface area contributed by atoms with Crippen molar-refractivity contribution in [2.75, 3.05) is 18.2 Å². The van der Waals surface area contributed by atoms with Crippen LogP contribution in [0.15, 0.2) is 42.5 Å². The largest absolute Gasteiger partial charge is 0.508 e. The van der Waals surface area contributed by atoms with Crippen LogP contribution in [0.5, 0.6) is 11.5 Å². The van der Waals surface area contributed by atoms with Gasteiger partial charge in [0.1, 0.15) is 11.5 Å². The van der Waals surface area contributed by atoms with Gasteiger partial charge in [-0.05, 0) is 35.9 Å². The third-order valence-corrected chi connectivity index (χ3v) is 2.81. The highest BCUT2D eigenvalue weighted by atomic mass is 16.5. The lowest BCUT2D eigenvalue weighted by atomic mass is 10.1. The molecule has 2 rings (SSSR count). The first-order valence-electron chi connectivity index (χ1n) is 6.10. The van der Waals surface area contributed by atoms with Gasteiger partial charge in [-0.1, -0.05) is 12.1 Å². The molecule has 0 bridgehead atoms. The number of nitrogens with one attached hydrogen (secondary N) is 1. The molecule has 0 aliphatic carbocycles. The Bertz CT molecular complexity index is 609. The van der Waals surface area contributed by atoms with Crippen LogP contribution in [0.3, 0.4) is 0 Å². The number of hydrogen-bond donors (Lipinski definition) is 3. The quantitative estimate of drug-likeness (QED) is 0.745. The number of carbonyl (C=O) groups excluding carboxylic acids is 1. The number of hydrogen-bond acceptors (Lipinski definition) is 4. The van der Waals surface area contributed by atoms with E-state index in [-0.39, 0.29) is 18.1 Å². The topological polar surface area (TPSA) is 84.6 Å². The van der Waals surface area contributed by atoms with Crippen LogP contribution in [0.2, 0.25) is 0 Å². The van der Waals surface area contributed by atoms with Crippen molar-refractivity contribution in [1.82, 2.24) is 0 Å². The molecule has 5 heteroatoms. The SMILES string of the molecule is COc1ccc(NC(=O)Cc2ccc(O)cc2)cc1N. The first-order chi connectivity index (χ1) is 9.58. The number of ether oxygens (including phenoxy) is 1. The van der Waals surface area contributed by atoms with Gasteiger partial charge < -0.3 is 20.9 Å². The van der Waals surface area contributed by atoms with E-state index in [2.05, 4.69) is 5.32 Å². The molecule has 2 aromatic carbocycles. The van der Waals surface area contributed by atoms with Crippen molar-refractivity contribution >= 4 is 17.3 Å². The van der Waals surface area contributed by atoms with Gasteiger partial charge in [-0.25, -0.2) is 0 Å². The summed E-state index contributed by atoms with van der Waals surface area (Å²) < 4.78 is 5.05. The minimum atomic E-state index is -0.153. The van der Waals surface area contributed by atoms with E-state index in [0.29, 0.717) is 17.1 Å². The van der Waals surface area contributed by atoms with E-state index < -0.39 is 0 Å². The fourth-order valence-electron chi connectivity index (χ4n) is 1.82. The van der Waals surface area contributed by atoms with E-state index in [1.165, 1.54) is 7.11 Å². The van der Waals surface area contributed by atoms with Crippen LogP contribution in [-0.4, -0.2) is 18.1 Å². The number of phenols is 1. The Morgan fingerprint density at radius 1 is 1.25 bits per heavy atom. The Balaban J connectivity index is 2.01. The van der Waals surface area contributed by atoms with Gasteiger partial charge >= 0.3 is 0 Å². The molecule has 0 unspecified atom stereocenters. The second-order valence-corrected chi connectivity index (χ2v) is 4.35. The molecule has 2 aromatic rings. The van der Waals surface area contributed by atoms with E-state index in [9.17, 15) is 9.90 Å². The minimum absolute atomic E-state index is 0.153. The molecule has 104 valence electrons. The van der Waals surface area contributed by atoms with Gasteiger partial charge in [0.05, 0.1) is 19.2 Å². The third kappa shape index (κ3) is 3.41. The van der Waals surface area contributed by atoms with Crippen molar-refractivity contribution in [2.45, 2.75) is 6.42 Å². The fraction of sp³-hybridized carbons (Fsp3) is 0.133. The molecule has 0 aliphatic heterocycles. The summed E-state index contributed by atoms with van der Waals surface area (Å²) in [6.07, 6.45) is 0.228. The zero-order valence-corrected chi connectivity index (χ0v) is 11.1. The van der Waals surface area contributed by atoms with Crippen molar-refractivity contribution in [2.24, 2.45) is 0 Å². The summed E-state index contributed by atoms with van der Waals surface area (Å²) >= 11 is 0. The summed E-state index contributed by atoms with van der Waals surface area (Å²) in [5.74, 6) is 0.596. The van der Waals surface area contributed by atoms with Gasteiger partial charge in [0.2, 0.25) is 5.91 Å². The van der Waals surface area contributed by atoms with Gasteiger partial charge in [-0.3, -0.25) is 4.79 Å². The molecule has 1 amide bonds. The van der Waals surface area contributed by atoms with E-state index in [4.69, 9.17) is 10.5 Å². The highest BCUT2D eigenvalue weighted by molar-refractivity contribution is 5.92. The standard InChI is InChI=1S/C15H16N2O3/c1-20-14-7-4-11(9-13(14)16)17-15(19)8-10-2-5-12(18)6-3-10/h2-7,9,18H,8,16H2,1H3,(H,17,19). The Morgan fingerprint density at radius 3 is 2.55 bits per heavy atom. The van der Waals surface area contributed by atoms with Gasteiger partial charge in [0.25, 0.3) is 0 Å². The normalized spacial score (nSPS) is 10.1. The molecule has 0 fully saturated rings. The van der Waals surface area contributed by atoms with Crippen LogP contribution in [-0.2, 0) is 11.2 Å². The molecule has 0 aliphatic rings. The zero-order valence-electron chi connectivity index (χ0n) is 11.1. The Kier molecular flexibility index (Phi) is 4.10. The smallest absolute Gasteiger partial charge is 0.228 e. The maximum Gasteiger partial charge on any atom is 0.228 e. The van der Waals surface area contributed by atoms with Crippen LogP contribution in [0.4, 0.5) is 11.4 Å². The van der Waals surface area contributed by atoms with Gasteiger partial charge in [-0.2, -0.15) is 0 Å². The number of anilines is 2. The number of benzene rings is 2. The predicted octanol–water partition coefficient (Wildman–Crippen LogP) is 2.16. The number of nitrogen functional groups attached to an aromatic ring is 1. The second kappa shape index (κ2) is 5.97. The molecular formula is C15H16N2O3. The van der Waals surface area contributed by atoms with Crippen LogP contribution in [0.25, 0.3) is 0 Å². The number of aromatic hydroxyl groups is 1. The molecule has 0 heterocycles. The van der Waals surface area contributed by atoms with Crippen molar-refractivity contribution in [3.8, 4) is 11.5 Å². The molecule has 20 heavy (non-hydrogen) atoms. The summed E-state index contributed by atoms with van der Waals surface area (Å²) in [7, 11) is 1.54. The lowest BCUT2D eigenvalue weighted by molar-refractivity contribution is -0.115. The van der Waals surface area contributed by atoms with Crippen molar-refractivity contribution in [3.05, 3.63) is 48.0 Å². The maximum atomic E-state index is 11.9. The van der Waals surface area contributed by atoms with E-state index in [1.54, 1.807) is 42.5 Å². The van der Waals surface area contributed by atoms with Crippen molar-refractivity contribution in [3.63, 3.8) is 0 Å². The molecule has 0 spiro atoms. The lowest BCUT2D eigenvalue weighted by Crippen LogP contribution is -2.14. The molecular weight excluding hydrogens is 256 g/mol. The average molecular weight is 272 g/mol. The van der Waals surface area contributed by atoms with E-state index in [1.807, 2.05) is 0 Å². The summed E-state index contributed by atoms with van der Waals surface area (Å²) in [5.41, 5.74) is 7.68. The number of amides is 1. The number of methoxy groups -OCH3 is 1. The Hall–Kier alpha value is -2.69. The molecule has 0 atom stereocenters. The second-order valence-electron chi connectivity index (χ2n) is 4.35. The van der Waals surface area contributed by atoms with E-state index >= 15 is 0 Å². The van der Waals surface area contributed by atoms with Gasteiger partial charge in [0, 0.05) is 5.69 Å². The average Bonchev–Trinajstić information content (AvgIpc) is 2.41. The summed E-state index contributed by atoms with van der Waals surface area (Å²) in [6, 6.07) is 11.6. The van der Waals surface area contributed by atoms with Gasteiger partial charge in [-0.15, -0.1) is 0 Å². The number of nitrogens with two attached hydrogens (primary N) is 1. The molecule has 4 N–H and O–H groups in total. The summed E-state index contributed by atoms with van der Waals surface area (Å²) in [5, 5.41) is 11.9. The number of carbonyl (C=O) groups is 1. The maximum absolute atomic E-state index is 11.9. The minimum Gasteiger partial charge on any atom is -0.508 e. The molecule has 0 saturated heterocycles. The predicted molar refractivity (Wildman–Crippen MR) is 77.8 cm³/mol. The molecule has 0 aromatic heterocycles. The van der Waals surface area contributed by atoms with Crippen LogP contribution in [0, 0.1) is 0 Å². The summed E-state index contributed by atoms with van der Waals surface area (Å²) in [4.78, 5) is 11.9. The first-order valence-corrected chi connectivity index (χ1v) is 6.10. The zero-order chi connectivity index (χ0) is 14.5. The first kappa shape index (κ1) is 13.7. The van der Waals surface area contributed by atoms with Gasteiger partial charge in [0.15, 0.2) is 0 Å². The van der Waals surface area contributed by atoms with Crippen LogP contribution < -0.4 is 15.8 Å². The highest BCUT2D eigenvalue weighted by Crippen LogP contribution is 2.24. The van der Waals surface area contributed by atoms with Crippen LogP contribution in [0.1, 0.15) is 5.56 Å². The number of phenolic OH excluding ortho intramolecular Hbond substituents is 1. The lowest BCUT2D eigenvalue weighted by Gasteiger charge is -2.09. The highest BCUT2D eigenvalue weighted by Gasteiger charge is 2.06. The van der Waals surface area contributed by atoms with E-state index in [0.717, 1.165) is 5.56 Å². The number of rotatable bonds is 4. The Labute approximate surface area is 117 Å². The third-order valence-electron chi connectivity index (χ3n) is 2.81.